The maximum absolute atomic E-state index is 4.78. The van der Waals surface area contributed by atoms with Gasteiger partial charge in [0, 0.05) is 24.6 Å². The van der Waals surface area contributed by atoms with Gasteiger partial charge in [-0.05, 0) is 37.3 Å². The summed E-state index contributed by atoms with van der Waals surface area (Å²) in [5.74, 6) is 3.62. The monoisotopic (exact) mass is 334 g/mol. The minimum Gasteiger partial charge on any atom is -0.367 e. The van der Waals surface area contributed by atoms with Crippen molar-refractivity contribution in [2.45, 2.75) is 63.5 Å². The Morgan fingerprint density at radius 2 is 1.84 bits per heavy atom. The first kappa shape index (κ1) is 15.2. The van der Waals surface area contributed by atoms with Gasteiger partial charge in [-0.2, -0.15) is 0 Å². The molecular formula is C21H26N4. The number of aromatic nitrogens is 2. The summed E-state index contributed by atoms with van der Waals surface area (Å²) in [7, 11) is 0. The van der Waals surface area contributed by atoms with Crippen molar-refractivity contribution in [2.75, 3.05) is 16.8 Å². The van der Waals surface area contributed by atoms with Gasteiger partial charge in [0.1, 0.15) is 17.5 Å². The fraction of sp³-hybridized carbons (Fsp3) is 0.524. The van der Waals surface area contributed by atoms with Crippen LogP contribution in [0.1, 0.15) is 67.4 Å². The lowest BCUT2D eigenvalue weighted by atomic mass is 9.95. The Bertz CT molecular complexity index is 781. The molecule has 1 N–H and O–H groups in total. The van der Waals surface area contributed by atoms with Crippen LogP contribution in [-0.4, -0.2) is 22.6 Å². The molecule has 5 rings (SSSR count). The van der Waals surface area contributed by atoms with Crippen molar-refractivity contribution >= 4 is 11.6 Å². The second-order valence-electron chi connectivity index (χ2n) is 7.87. The topological polar surface area (TPSA) is 41.1 Å². The Balaban J connectivity index is 1.41. The zero-order valence-corrected chi connectivity index (χ0v) is 14.9. The van der Waals surface area contributed by atoms with Crippen molar-refractivity contribution in [3.8, 4) is 0 Å². The van der Waals surface area contributed by atoms with Crippen LogP contribution in [0.15, 0.2) is 30.3 Å². The smallest absolute Gasteiger partial charge is 0.134 e. The van der Waals surface area contributed by atoms with Crippen LogP contribution >= 0.6 is 0 Å². The lowest BCUT2D eigenvalue weighted by Crippen LogP contribution is -2.29. The maximum atomic E-state index is 4.78. The SMILES string of the molecule is Cc1nc(NC2CCCCC2)cc(N2C[C@H]3C[C@H]2c2ccccc23)n1. The molecule has 2 fully saturated rings. The summed E-state index contributed by atoms with van der Waals surface area (Å²) < 4.78 is 0. The number of rotatable bonds is 3. The number of aryl methyl sites for hydroxylation is 1. The summed E-state index contributed by atoms with van der Waals surface area (Å²) in [5, 5.41) is 3.67. The summed E-state index contributed by atoms with van der Waals surface area (Å²) in [4.78, 5) is 11.9. The number of anilines is 2. The third-order valence-corrected chi connectivity index (χ3v) is 6.17. The third-order valence-electron chi connectivity index (χ3n) is 6.17. The first-order valence-electron chi connectivity index (χ1n) is 9.75. The van der Waals surface area contributed by atoms with Gasteiger partial charge in [0.15, 0.2) is 0 Å². The van der Waals surface area contributed by atoms with Gasteiger partial charge < -0.3 is 10.2 Å². The van der Waals surface area contributed by atoms with Crippen LogP contribution in [0.3, 0.4) is 0 Å². The van der Waals surface area contributed by atoms with E-state index in [2.05, 4.69) is 45.5 Å². The average molecular weight is 334 g/mol. The number of benzene rings is 1. The van der Waals surface area contributed by atoms with E-state index in [1.807, 2.05) is 6.92 Å². The zero-order chi connectivity index (χ0) is 16.8. The summed E-state index contributed by atoms with van der Waals surface area (Å²) >= 11 is 0. The molecule has 1 saturated heterocycles. The highest BCUT2D eigenvalue weighted by Crippen LogP contribution is 2.51. The van der Waals surface area contributed by atoms with E-state index in [0.717, 1.165) is 24.0 Å². The van der Waals surface area contributed by atoms with Crippen molar-refractivity contribution in [3.63, 3.8) is 0 Å². The van der Waals surface area contributed by atoms with Crippen LogP contribution < -0.4 is 10.2 Å². The molecule has 2 aromatic rings. The highest BCUT2D eigenvalue weighted by molar-refractivity contribution is 5.57. The second kappa shape index (κ2) is 6.01. The van der Waals surface area contributed by atoms with Crippen molar-refractivity contribution < 1.29 is 0 Å². The Kier molecular flexibility index (Phi) is 3.65. The first-order valence-corrected chi connectivity index (χ1v) is 9.75. The molecule has 3 aliphatic rings. The Hall–Kier alpha value is -2.10. The van der Waals surface area contributed by atoms with Crippen molar-refractivity contribution in [2.24, 2.45) is 0 Å². The van der Waals surface area contributed by atoms with E-state index in [1.54, 1.807) is 5.56 Å². The maximum Gasteiger partial charge on any atom is 0.134 e. The van der Waals surface area contributed by atoms with Crippen LogP contribution in [0.5, 0.6) is 0 Å². The molecule has 0 spiro atoms. The molecule has 4 heteroatoms. The molecule has 4 nitrogen and oxygen atoms in total. The zero-order valence-electron chi connectivity index (χ0n) is 14.9. The molecule has 2 aliphatic carbocycles. The van der Waals surface area contributed by atoms with Crippen molar-refractivity contribution in [1.29, 1.82) is 0 Å². The molecule has 1 aromatic heterocycles. The van der Waals surface area contributed by atoms with Gasteiger partial charge in [-0.15, -0.1) is 0 Å². The Labute approximate surface area is 149 Å². The van der Waals surface area contributed by atoms with Crippen molar-refractivity contribution in [1.82, 2.24) is 9.97 Å². The molecular weight excluding hydrogens is 308 g/mol. The molecule has 1 saturated carbocycles. The van der Waals surface area contributed by atoms with Crippen LogP contribution in [0.25, 0.3) is 0 Å². The second-order valence-corrected chi connectivity index (χ2v) is 7.87. The largest absolute Gasteiger partial charge is 0.367 e. The predicted octanol–water partition coefficient (Wildman–Crippen LogP) is 4.58. The summed E-state index contributed by atoms with van der Waals surface area (Å²) in [6.07, 6.45) is 7.80. The lowest BCUT2D eigenvalue weighted by Gasteiger charge is -2.30. The summed E-state index contributed by atoms with van der Waals surface area (Å²) in [5.41, 5.74) is 3.05. The first-order chi connectivity index (χ1) is 12.3. The third kappa shape index (κ3) is 2.68. The molecule has 2 bridgehead atoms. The number of nitrogens with one attached hydrogen (secondary N) is 1. The molecule has 130 valence electrons. The van der Waals surface area contributed by atoms with E-state index < -0.39 is 0 Å². The standard InChI is InChI=1S/C21H26N4/c1-14-22-20(24-16-7-3-2-4-8-16)12-21(23-14)25-13-15-11-19(25)18-10-6-5-9-17(15)18/h5-6,9-10,12,15-16,19H,2-4,7-8,11,13H2,1H3,(H,22,23,24)/t15-,19+/m1/s1. The van der Waals surface area contributed by atoms with E-state index in [0.29, 0.717) is 18.0 Å². The van der Waals surface area contributed by atoms with Crippen LogP contribution in [0.4, 0.5) is 11.6 Å². The van der Waals surface area contributed by atoms with Gasteiger partial charge in [-0.1, -0.05) is 43.5 Å². The predicted molar refractivity (Wildman–Crippen MR) is 101 cm³/mol. The van der Waals surface area contributed by atoms with Crippen molar-refractivity contribution in [3.05, 3.63) is 47.3 Å². The highest BCUT2D eigenvalue weighted by atomic mass is 15.3. The van der Waals surface area contributed by atoms with E-state index in [-0.39, 0.29) is 0 Å². The van der Waals surface area contributed by atoms with Gasteiger partial charge in [-0.25, -0.2) is 9.97 Å². The fourth-order valence-corrected chi connectivity index (χ4v) is 5.02. The Morgan fingerprint density at radius 1 is 1.04 bits per heavy atom. The molecule has 2 heterocycles. The quantitative estimate of drug-likeness (QED) is 0.892. The molecule has 0 unspecified atom stereocenters. The van der Waals surface area contributed by atoms with Crippen LogP contribution in [-0.2, 0) is 0 Å². The number of fused-ring (bicyclic) bond motifs is 5. The van der Waals surface area contributed by atoms with E-state index in [9.17, 15) is 0 Å². The van der Waals surface area contributed by atoms with Crippen LogP contribution in [0, 0.1) is 6.92 Å². The van der Waals surface area contributed by atoms with E-state index in [1.165, 1.54) is 44.1 Å². The number of hydrogen-bond acceptors (Lipinski definition) is 4. The lowest BCUT2D eigenvalue weighted by molar-refractivity contribution is 0.461. The number of nitrogens with zero attached hydrogens (tertiary/aromatic N) is 3. The van der Waals surface area contributed by atoms with Gasteiger partial charge in [0.05, 0.1) is 6.04 Å². The normalized spacial score (nSPS) is 25.2. The van der Waals surface area contributed by atoms with Gasteiger partial charge in [0.25, 0.3) is 0 Å². The van der Waals surface area contributed by atoms with Gasteiger partial charge in [0.2, 0.25) is 0 Å². The molecule has 2 atom stereocenters. The minimum absolute atomic E-state index is 0.484. The van der Waals surface area contributed by atoms with Gasteiger partial charge >= 0.3 is 0 Å². The molecule has 1 aromatic carbocycles. The molecule has 0 amide bonds. The fourth-order valence-electron chi connectivity index (χ4n) is 5.02. The highest BCUT2D eigenvalue weighted by Gasteiger charge is 2.42. The molecule has 0 radical (unpaired) electrons. The molecule has 1 aliphatic heterocycles. The van der Waals surface area contributed by atoms with Crippen LogP contribution in [0.2, 0.25) is 0 Å². The van der Waals surface area contributed by atoms with Gasteiger partial charge in [-0.3, -0.25) is 0 Å². The molecule has 25 heavy (non-hydrogen) atoms. The van der Waals surface area contributed by atoms with E-state index >= 15 is 0 Å². The summed E-state index contributed by atoms with van der Waals surface area (Å²) in [6.45, 7) is 3.10. The minimum atomic E-state index is 0.484. The number of hydrogen-bond donors (Lipinski definition) is 1. The Morgan fingerprint density at radius 3 is 2.68 bits per heavy atom. The summed E-state index contributed by atoms with van der Waals surface area (Å²) in [6, 6.07) is 12.2. The average Bonchev–Trinajstić information content (AvgIpc) is 3.22. The van der Waals surface area contributed by atoms with E-state index in [4.69, 9.17) is 4.98 Å².